The predicted molar refractivity (Wildman–Crippen MR) is 96.7 cm³/mol. The monoisotopic (exact) mass is 400 g/mol. The van der Waals surface area contributed by atoms with E-state index >= 15 is 0 Å². The highest BCUT2D eigenvalue weighted by atomic mass is 79.9. The molecule has 1 unspecified atom stereocenters. The molecule has 1 aliphatic heterocycles. The van der Waals surface area contributed by atoms with Crippen LogP contribution in [0.4, 0.5) is 10.5 Å². The zero-order valence-corrected chi connectivity index (χ0v) is 16.1. The molecule has 0 bridgehead atoms. The van der Waals surface area contributed by atoms with Gasteiger partial charge in [-0.1, -0.05) is 15.9 Å². The predicted octanol–water partition coefficient (Wildman–Crippen LogP) is 4.01. The van der Waals surface area contributed by atoms with Gasteiger partial charge >= 0.3 is 6.09 Å². The van der Waals surface area contributed by atoms with Gasteiger partial charge < -0.3 is 10.1 Å². The van der Waals surface area contributed by atoms with E-state index in [9.17, 15) is 9.59 Å². The maximum absolute atomic E-state index is 12.5. The number of amides is 2. The van der Waals surface area contributed by atoms with Crippen LogP contribution in [0.5, 0.6) is 0 Å². The minimum absolute atomic E-state index is 0.189. The second-order valence-electron chi connectivity index (χ2n) is 6.41. The minimum Gasteiger partial charge on any atom is -0.444 e. The zero-order chi connectivity index (χ0) is 17.2. The number of carbonyl (C=O) groups excluding carboxylic acids is 2. The average molecular weight is 401 g/mol. The molecule has 0 spiro atoms. The van der Waals surface area contributed by atoms with E-state index in [2.05, 4.69) is 21.2 Å². The lowest BCUT2D eigenvalue weighted by atomic mass is 10.2. The van der Waals surface area contributed by atoms with Crippen molar-refractivity contribution in [1.82, 2.24) is 4.90 Å². The third-order valence-electron chi connectivity index (χ3n) is 3.26. The van der Waals surface area contributed by atoms with E-state index in [1.807, 2.05) is 45.9 Å². The third-order valence-corrected chi connectivity index (χ3v) is 4.76. The lowest BCUT2D eigenvalue weighted by Gasteiger charge is -2.27. The van der Waals surface area contributed by atoms with Crippen LogP contribution >= 0.6 is 27.7 Å². The van der Waals surface area contributed by atoms with Gasteiger partial charge in [0, 0.05) is 15.9 Å². The number of benzene rings is 1. The summed E-state index contributed by atoms with van der Waals surface area (Å²) in [4.78, 5) is 26.3. The van der Waals surface area contributed by atoms with Crippen molar-refractivity contribution >= 4 is 45.4 Å². The Bertz CT molecular complexity index is 616. The lowest BCUT2D eigenvalue weighted by Crippen LogP contribution is -2.46. The van der Waals surface area contributed by atoms with Gasteiger partial charge in [0.05, 0.1) is 5.88 Å². The largest absolute Gasteiger partial charge is 0.444 e. The number of thioether (sulfide) groups is 1. The van der Waals surface area contributed by atoms with Crippen LogP contribution in [0.25, 0.3) is 0 Å². The normalized spacial score (nSPS) is 18.0. The lowest BCUT2D eigenvalue weighted by molar-refractivity contribution is -0.120. The van der Waals surface area contributed by atoms with Crippen molar-refractivity contribution in [1.29, 1.82) is 0 Å². The van der Waals surface area contributed by atoms with Gasteiger partial charge in [-0.05, 0) is 51.5 Å². The van der Waals surface area contributed by atoms with Gasteiger partial charge in [-0.25, -0.2) is 4.79 Å². The van der Waals surface area contributed by atoms with Crippen molar-refractivity contribution in [2.75, 3.05) is 16.9 Å². The van der Waals surface area contributed by atoms with Crippen LogP contribution in [0.15, 0.2) is 22.7 Å². The fourth-order valence-corrected chi connectivity index (χ4v) is 3.76. The minimum atomic E-state index is -0.576. The molecular weight excluding hydrogens is 380 g/mol. The van der Waals surface area contributed by atoms with E-state index in [-0.39, 0.29) is 5.91 Å². The summed E-state index contributed by atoms with van der Waals surface area (Å²) in [5.74, 6) is 0.846. The number of rotatable bonds is 2. The summed E-state index contributed by atoms with van der Waals surface area (Å²) < 4.78 is 6.34. The van der Waals surface area contributed by atoms with Crippen molar-refractivity contribution in [2.24, 2.45) is 0 Å². The Balaban J connectivity index is 2.07. The smallest absolute Gasteiger partial charge is 0.411 e. The van der Waals surface area contributed by atoms with Crippen LogP contribution in [0.2, 0.25) is 0 Å². The average Bonchev–Trinajstić information content (AvgIpc) is 2.89. The quantitative estimate of drug-likeness (QED) is 0.814. The Labute approximate surface area is 149 Å². The van der Waals surface area contributed by atoms with E-state index in [1.165, 1.54) is 4.90 Å². The Morgan fingerprint density at radius 2 is 2.09 bits per heavy atom. The van der Waals surface area contributed by atoms with Crippen LogP contribution in [-0.4, -0.2) is 40.2 Å². The highest BCUT2D eigenvalue weighted by Gasteiger charge is 2.37. The Morgan fingerprint density at radius 3 is 2.70 bits per heavy atom. The van der Waals surface area contributed by atoms with Gasteiger partial charge in [0.25, 0.3) is 0 Å². The van der Waals surface area contributed by atoms with E-state index in [1.54, 1.807) is 11.8 Å². The van der Waals surface area contributed by atoms with E-state index in [0.29, 0.717) is 11.6 Å². The van der Waals surface area contributed by atoms with Crippen LogP contribution in [-0.2, 0) is 9.53 Å². The number of anilines is 1. The fourth-order valence-electron chi connectivity index (χ4n) is 2.14. The van der Waals surface area contributed by atoms with Crippen LogP contribution < -0.4 is 5.32 Å². The molecule has 1 saturated heterocycles. The van der Waals surface area contributed by atoms with Gasteiger partial charge in [0.15, 0.2) is 0 Å². The topological polar surface area (TPSA) is 58.6 Å². The third kappa shape index (κ3) is 4.88. The first-order valence-electron chi connectivity index (χ1n) is 7.32. The van der Waals surface area contributed by atoms with Crippen LogP contribution in [0, 0.1) is 6.92 Å². The first-order valence-corrected chi connectivity index (χ1v) is 9.26. The molecule has 1 aliphatic rings. The van der Waals surface area contributed by atoms with Gasteiger partial charge in [-0.2, -0.15) is 0 Å². The number of ether oxygens (including phenoxy) is 1. The number of nitrogens with one attached hydrogen (secondary N) is 1. The number of hydrogen-bond acceptors (Lipinski definition) is 4. The first kappa shape index (κ1) is 18.1. The fraction of sp³-hybridized carbons (Fsp3) is 0.500. The summed E-state index contributed by atoms with van der Waals surface area (Å²) in [6.45, 7) is 7.37. The molecule has 1 atom stereocenters. The first-order chi connectivity index (χ1) is 10.7. The maximum Gasteiger partial charge on any atom is 0.411 e. The standard InChI is InChI=1S/C16H21BrN2O3S/c1-10-7-11(17)5-6-12(10)18-14(20)13-8-23-9-19(13)15(21)22-16(2,3)4/h5-7,13H,8-9H2,1-4H3,(H,18,20). The second kappa shape index (κ2) is 7.13. The molecule has 0 radical (unpaired) electrons. The van der Waals surface area contributed by atoms with Gasteiger partial charge in [-0.3, -0.25) is 9.69 Å². The summed E-state index contributed by atoms with van der Waals surface area (Å²) in [5, 5.41) is 2.90. The maximum atomic E-state index is 12.5. The Kier molecular flexibility index (Phi) is 5.62. The van der Waals surface area contributed by atoms with Gasteiger partial charge in [-0.15, -0.1) is 11.8 Å². The van der Waals surface area contributed by atoms with Gasteiger partial charge in [0.2, 0.25) is 5.91 Å². The summed E-state index contributed by atoms with van der Waals surface area (Å²) in [5.41, 5.74) is 1.13. The summed E-state index contributed by atoms with van der Waals surface area (Å²) in [7, 11) is 0. The molecule has 1 N–H and O–H groups in total. The molecule has 0 aliphatic carbocycles. The van der Waals surface area contributed by atoms with Crippen LogP contribution in [0.3, 0.4) is 0 Å². The highest BCUT2D eigenvalue weighted by Crippen LogP contribution is 2.26. The molecule has 0 saturated carbocycles. The molecule has 1 fully saturated rings. The number of hydrogen-bond donors (Lipinski definition) is 1. The molecule has 1 aromatic carbocycles. The molecule has 1 aromatic rings. The van der Waals surface area contributed by atoms with Crippen molar-refractivity contribution in [3.63, 3.8) is 0 Å². The molecule has 7 heteroatoms. The summed E-state index contributed by atoms with van der Waals surface area (Å²) >= 11 is 4.95. The van der Waals surface area contributed by atoms with E-state index in [4.69, 9.17) is 4.74 Å². The SMILES string of the molecule is Cc1cc(Br)ccc1NC(=O)C1CSCN1C(=O)OC(C)(C)C. The Morgan fingerprint density at radius 1 is 1.39 bits per heavy atom. The molecule has 23 heavy (non-hydrogen) atoms. The number of halogens is 1. The zero-order valence-electron chi connectivity index (χ0n) is 13.7. The number of aryl methyl sites for hydroxylation is 1. The van der Waals surface area contributed by atoms with Crippen molar-refractivity contribution in [3.8, 4) is 0 Å². The van der Waals surface area contributed by atoms with Crippen molar-refractivity contribution < 1.29 is 14.3 Å². The van der Waals surface area contributed by atoms with Crippen LogP contribution in [0.1, 0.15) is 26.3 Å². The van der Waals surface area contributed by atoms with Crippen molar-refractivity contribution in [2.45, 2.75) is 39.3 Å². The molecule has 2 amide bonds. The molecule has 1 heterocycles. The van der Waals surface area contributed by atoms with E-state index < -0.39 is 17.7 Å². The second-order valence-corrected chi connectivity index (χ2v) is 8.33. The van der Waals surface area contributed by atoms with Crippen molar-refractivity contribution in [3.05, 3.63) is 28.2 Å². The van der Waals surface area contributed by atoms with E-state index in [0.717, 1.165) is 15.7 Å². The van der Waals surface area contributed by atoms with Gasteiger partial charge in [0.1, 0.15) is 11.6 Å². The molecular formula is C16H21BrN2O3S. The summed E-state index contributed by atoms with van der Waals surface area (Å²) in [6, 6.07) is 5.14. The molecule has 0 aromatic heterocycles. The molecule has 5 nitrogen and oxygen atoms in total. The molecule has 126 valence electrons. The Hall–Kier alpha value is -1.21. The highest BCUT2D eigenvalue weighted by molar-refractivity contribution is 9.10. The molecule has 2 rings (SSSR count). The number of carbonyl (C=O) groups is 2. The summed E-state index contributed by atoms with van der Waals surface area (Å²) in [6.07, 6.45) is -0.449. The number of nitrogens with zero attached hydrogens (tertiary/aromatic N) is 1.